The van der Waals surface area contributed by atoms with Gasteiger partial charge in [0.05, 0.1) is 53.2 Å². The molecule has 0 aromatic heterocycles. The van der Waals surface area contributed by atoms with E-state index in [1.807, 2.05) is 60.7 Å². The summed E-state index contributed by atoms with van der Waals surface area (Å²) in [5.74, 6) is 0. The average molecular weight is 1100 g/mol. The predicted molar refractivity (Wildman–Crippen MR) is 328 cm³/mol. The van der Waals surface area contributed by atoms with Crippen molar-refractivity contribution in [2.24, 2.45) is 0 Å². The number of anilines is 6. The van der Waals surface area contributed by atoms with Gasteiger partial charge in [-0.2, -0.15) is 0 Å². The molecule has 0 radical (unpaired) electrons. The molecule has 11 aromatic rings. The molecule has 0 unspecified atom stereocenters. The summed E-state index contributed by atoms with van der Waals surface area (Å²) >= 11 is 0. The van der Waals surface area contributed by atoms with Crippen LogP contribution in [0.5, 0.6) is 0 Å². The highest BCUT2D eigenvalue weighted by Gasteiger charge is 2.53. The van der Waals surface area contributed by atoms with Gasteiger partial charge >= 0.3 is 0 Å². The monoisotopic (exact) mass is 1100 g/mol. The van der Waals surface area contributed by atoms with Crippen LogP contribution in [-0.4, -0.2) is 16.8 Å². The summed E-state index contributed by atoms with van der Waals surface area (Å²) in [5, 5.41) is 0. The van der Waals surface area contributed by atoms with Gasteiger partial charge < -0.3 is 9.80 Å². The fourth-order valence-electron chi connectivity index (χ4n) is 14.7. The van der Waals surface area contributed by atoms with E-state index in [9.17, 15) is 0 Å². The molecule has 0 atom stereocenters. The van der Waals surface area contributed by atoms with E-state index in [2.05, 4.69) is 232 Å². The van der Waals surface area contributed by atoms with Crippen LogP contribution in [0.3, 0.4) is 0 Å². The molecular formula is C74H56N2O4S2. The Morgan fingerprint density at radius 1 is 0.256 bits per heavy atom. The third-order valence-corrected chi connectivity index (χ3v) is 22.1. The highest BCUT2D eigenvalue weighted by atomic mass is 32.2. The van der Waals surface area contributed by atoms with Gasteiger partial charge in [0.2, 0.25) is 19.7 Å². The van der Waals surface area contributed by atoms with Gasteiger partial charge in [0.1, 0.15) is 0 Å². The molecule has 0 spiro atoms. The molecule has 0 saturated carbocycles. The van der Waals surface area contributed by atoms with Crippen LogP contribution in [0, 0.1) is 0 Å². The fraction of sp³-hybridized carbons (Fsp3) is 0.108. The summed E-state index contributed by atoms with van der Waals surface area (Å²) in [6.45, 7) is 8.44. The van der Waals surface area contributed by atoms with Crippen LogP contribution in [0.2, 0.25) is 0 Å². The lowest BCUT2D eigenvalue weighted by Crippen LogP contribution is -2.41. The number of benzene rings is 11. The lowest BCUT2D eigenvalue weighted by atomic mass is 9.59. The zero-order valence-corrected chi connectivity index (χ0v) is 47.4. The van der Waals surface area contributed by atoms with Crippen LogP contribution in [0.25, 0.3) is 0 Å². The number of sulfone groups is 2. The lowest BCUT2D eigenvalue weighted by molar-refractivity contribution is 0.555. The van der Waals surface area contributed by atoms with Gasteiger partial charge in [0, 0.05) is 22.2 Å². The molecule has 11 aromatic carbocycles. The first-order valence-corrected chi connectivity index (χ1v) is 30.9. The molecule has 0 N–H and O–H groups in total. The maximum Gasteiger partial charge on any atom is 0.207 e. The van der Waals surface area contributed by atoms with E-state index in [1.54, 1.807) is 12.1 Å². The van der Waals surface area contributed by atoms with Crippen molar-refractivity contribution < 1.29 is 16.8 Å². The Balaban J connectivity index is 1.12. The summed E-state index contributed by atoms with van der Waals surface area (Å²) in [6.07, 6.45) is 0. The first-order valence-electron chi connectivity index (χ1n) is 27.9. The minimum atomic E-state index is -3.99. The van der Waals surface area contributed by atoms with Gasteiger partial charge in [-0.05, 0) is 127 Å². The third kappa shape index (κ3) is 6.62. The third-order valence-electron chi connectivity index (χ3n) is 18.4. The molecule has 6 nitrogen and oxygen atoms in total. The van der Waals surface area contributed by atoms with E-state index in [4.69, 9.17) is 0 Å². The van der Waals surface area contributed by atoms with Gasteiger partial charge in [0.15, 0.2) is 0 Å². The molecule has 0 aliphatic carbocycles. The molecule has 0 fully saturated rings. The number of nitrogens with zero attached hydrogens (tertiary/aromatic N) is 2. The maximum atomic E-state index is 15.2. The van der Waals surface area contributed by atoms with Crippen LogP contribution in [0.1, 0.15) is 94.5 Å². The van der Waals surface area contributed by atoms with Crippen molar-refractivity contribution >= 4 is 53.8 Å². The average Bonchev–Trinajstić information content (AvgIpc) is 3.41. The molecule has 8 heteroatoms. The van der Waals surface area contributed by atoms with E-state index in [-0.39, 0.29) is 9.79 Å². The fourth-order valence-corrected chi connectivity index (χ4v) is 18.7. The normalized spacial score (nSPS) is 17.3. The minimum Gasteiger partial charge on any atom is -0.310 e. The Morgan fingerprint density at radius 2 is 0.537 bits per heavy atom. The van der Waals surface area contributed by atoms with Crippen molar-refractivity contribution in [1.29, 1.82) is 0 Å². The van der Waals surface area contributed by atoms with Crippen molar-refractivity contribution in [1.82, 2.24) is 0 Å². The van der Waals surface area contributed by atoms with Gasteiger partial charge in [-0.25, -0.2) is 16.8 Å². The molecule has 398 valence electrons. The highest BCUT2D eigenvalue weighted by molar-refractivity contribution is 7.92. The first kappa shape index (κ1) is 49.9. The van der Waals surface area contributed by atoms with Gasteiger partial charge in [-0.3, -0.25) is 0 Å². The Morgan fingerprint density at radius 3 is 0.878 bits per heavy atom. The van der Waals surface area contributed by atoms with E-state index >= 15 is 16.8 Å². The van der Waals surface area contributed by atoms with E-state index in [0.717, 1.165) is 89.5 Å². The molecule has 0 saturated heterocycles. The van der Waals surface area contributed by atoms with Gasteiger partial charge in [0.25, 0.3) is 0 Å². The first-order chi connectivity index (χ1) is 39.7. The summed E-state index contributed by atoms with van der Waals surface area (Å²) < 4.78 is 60.9. The quantitative estimate of drug-likeness (QED) is 0.165. The molecule has 4 aliphatic heterocycles. The molecular weight excluding hydrogens is 1040 g/mol. The minimum absolute atomic E-state index is 0.282. The molecule has 4 heterocycles. The lowest BCUT2D eigenvalue weighted by Gasteiger charge is -2.51. The van der Waals surface area contributed by atoms with Crippen LogP contribution in [0.15, 0.2) is 287 Å². The molecule has 0 bridgehead atoms. The Hall–Kier alpha value is -9.08. The number of hydrogen-bond donors (Lipinski definition) is 0. The van der Waals surface area contributed by atoms with Crippen molar-refractivity contribution in [2.45, 2.75) is 68.9 Å². The zero-order chi connectivity index (χ0) is 56.0. The number of hydrogen-bond acceptors (Lipinski definition) is 6. The van der Waals surface area contributed by atoms with Crippen molar-refractivity contribution in [3.8, 4) is 0 Å². The topological polar surface area (TPSA) is 74.8 Å². The molecule has 82 heavy (non-hydrogen) atoms. The second-order valence-corrected chi connectivity index (χ2v) is 26.9. The highest BCUT2D eigenvalue weighted by Crippen LogP contribution is 2.65. The van der Waals surface area contributed by atoms with Gasteiger partial charge in [-0.1, -0.05) is 234 Å². The summed E-state index contributed by atoms with van der Waals surface area (Å²) in [4.78, 5) is 5.78. The largest absolute Gasteiger partial charge is 0.310 e. The number of fused-ring (bicyclic) bond motifs is 8. The Kier molecular flexibility index (Phi) is 10.8. The second kappa shape index (κ2) is 17.7. The van der Waals surface area contributed by atoms with Crippen molar-refractivity contribution in [3.63, 3.8) is 0 Å². The zero-order valence-electron chi connectivity index (χ0n) is 45.7. The molecule has 15 rings (SSSR count). The van der Waals surface area contributed by atoms with Gasteiger partial charge in [-0.15, -0.1) is 0 Å². The standard InChI is InChI=1S/C74H56N2O4S2/c1-71(2)57-35-19-23-39-67(57)81(77,78)69-45-53(41-43-59(69)71)75-63-37-21-17-33-55(63)73(49-25-9-5-10-26-49,50-27-11-6-12-28-50)61-48-66-62(47-65(61)75)74(51-29-13-7-14-30-51,52-31-15-8-16-32-52)56-34-18-22-38-64(56)76(66)54-42-44-60-70(46-54)82(79,80)68-40-24-20-36-58(68)72(60,3)4/h5-48H,1-4H3. The van der Waals surface area contributed by atoms with Crippen molar-refractivity contribution in [2.75, 3.05) is 9.80 Å². The molecule has 4 aliphatic rings. The van der Waals surface area contributed by atoms with E-state index in [0.29, 0.717) is 21.2 Å². The van der Waals surface area contributed by atoms with E-state index in [1.165, 1.54) is 0 Å². The number of rotatable bonds is 6. The van der Waals surface area contributed by atoms with Crippen LogP contribution in [0.4, 0.5) is 34.1 Å². The van der Waals surface area contributed by atoms with E-state index < -0.39 is 41.3 Å². The SMILES string of the molecule is CC1(C)c2ccccc2S(=O)(=O)c2cc(N3c4ccccc4C(c4ccccc4)(c4ccccc4)c4cc5c(cc43)C(c3ccccc3)(c3ccccc3)c3ccccc3N5c3ccc4c(c3)S(=O)(=O)c3ccccc3C4(C)C)ccc21. The molecule has 0 amide bonds. The van der Waals surface area contributed by atoms with Crippen LogP contribution >= 0.6 is 0 Å². The summed E-state index contributed by atoms with van der Waals surface area (Å²) in [6, 6.07) is 91.5. The van der Waals surface area contributed by atoms with Crippen molar-refractivity contribution in [3.05, 3.63) is 334 Å². The second-order valence-electron chi connectivity index (χ2n) is 23.2. The summed E-state index contributed by atoms with van der Waals surface area (Å²) in [7, 11) is -7.98. The Labute approximate surface area is 480 Å². The predicted octanol–water partition coefficient (Wildman–Crippen LogP) is 17.0. The number of para-hydroxylation sites is 2. The Bertz CT molecular complexity index is 4300. The summed E-state index contributed by atoms with van der Waals surface area (Å²) in [5.41, 5.74) is 12.9. The van der Waals surface area contributed by atoms with Crippen LogP contribution < -0.4 is 9.80 Å². The van der Waals surface area contributed by atoms with Crippen LogP contribution in [-0.2, 0) is 41.3 Å². The maximum absolute atomic E-state index is 15.2. The smallest absolute Gasteiger partial charge is 0.207 e.